The number of sulfone groups is 1. The SMILES string of the molecule is [2H]C(CCC)(CCC)S(=O)(=O)C[C@](N)(C(N)=O)C(=O)CSC. The third kappa shape index (κ3) is 5.60. The summed E-state index contributed by atoms with van der Waals surface area (Å²) in [5, 5.41) is -1.75. The molecule has 0 aliphatic rings. The largest absolute Gasteiger partial charge is 0.368 e. The summed E-state index contributed by atoms with van der Waals surface area (Å²) in [5.41, 5.74) is 8.64. The van der Waals surface area contributed by atoms with E-state index in [4.69, 9.17) is 12.8 Å². The smallest absolute Gasteiger partial charge is 0.246 e. The summed E-state index contributed by atoms with van der Waals surface area (Å²) in [5.74, 6) is -2.93. The van der Waals surface area contributed by atoms with Gasteiger partial charge in [0.1, 0.15) is 0 Å². The number of thioether (sulfide) groups is 1. The van der Waals surface area contributed by atoms with Crippen molar-refractivity contribution in [3.63, 3.8) is 0 Å². The lowest BCUT2D eigenvalue weighted by atomic mass is 9.98. The molecule has 1 atom stereocenters. The molecule has 0 spiro atoms. The molecular formula is C13H26N2O4S2. The molecule has 0 aliphatic carbocycles. The zero-order chi connectivity index (χ0) is 17.6. The van der Waals surface area contributed by atoms with Gasteiger partial charge in [0.2, 0.25) is 5.91 Å². The minimum atomic E-state index is -4.10. The number of nitrogens with two attached hydrogens (primary N) is 2. The van der Waals surface area contributed by atoms with Crippen LogP contribution in [0.5, 0.6) is 0 Å². The standard InChI is InChI=1S/C13H26N2O4S2/c1-4-6-10(7-5-2)21(18,19)9-13(15,12(14)17)11(16)8-20-3/h10H,4-9,15H2,1-3H3,(H2,14,17)/t13-/m1/s1/i10D. The Kier molecular flexibility index (Phi) is 7.69. The Bertz CT molecular complexity index is 504. The van der Waals surface area contributed by atoms with Crippen LogP contribution in [0.2, 0.25) is 0 Å². The van der Waals surface area contributed by atoms with Gasteiger partial charge in [-0.05, 0) is 19.1 Å². The number of rotatable bonds is 11. The van der Waals surface area contributed by atoms with E-state index in [0.29, 0.717) is 12.8 Å². The fourth-order valence-electron chi connectivity index (χ4n) is 1.94. The van der Waals surface area contributed by atoms with Gasteiger partial charge in [0, 0.05) is 1.37 Å². The van der Waals surface area contributed by atoms with E-state index in [0.717, 1.165) is 11.8 Å². The molecule has 0 radical (unpaired) electrons. The topological polar surface area (TPSA) is 120 Å². The van der Waals surface area contributed by atoms with Gasteiger partial charge in [-0.2, -0.15) is 11.8 Å². The summed E-state index contributed by atoms with van der Waals surface area (Å²) in [4.78, 5) is 23.7. The lowest BCUT2D eigenvalue weighted by Gasteiger charge is -2.26. The fraction of sp³-hybridized carbons (Fsp3) is 0.846. The molecule has 0 unspecified atom stereocenters. The van der Waals surface area contributed by atoms with Crippen molar-refractivity contribution >= 4 is 33.3 Å². The Morgan fingerprint density at radius 2 is 1.76 bits per heavy atom. The fourth-order valence-corrected chi connectivity index (χ4v) is 4.60. The molecule has 1 amide bonds. The monoisotopic (exact) mass is 339 g/mol. The van der Waals surface area contributed by atoms with Crippen molar-refractivity contribution in [2.24, 2.45) is 11.5 Å². The zero-order valence-corrected chi connectivity index (χ0v) is 14.5. The van der Waals surface area contributed by atoms with Crippen LogP contribution in [-0.2, 0) is 19.4 Å². The van der Waals surface area contributed by atoms with E-state index in [1.807, 2.05) is 0 Å². The molecule has 0 aromatic carbocycles. The van der Waals surface area contributed by atoms with Crippen LogP contribution in [0, 0.1) is 0 Å². The highest BCUT2D eigenvalue weighted by molar-refractivity contribution is 7.99. The van der Waals surface area contributed by atoms with Gasteiger partial charge in [-0.1, -0.05) is 26.7 Å². The predicted octanol–water partition coefficient (Wildman–Crippen LogP) is 0.485. The molecule has 0 saturated carbocycles. The number of hydrogen-bond acceptors (Lipinski definition) is 6. The number of hydrogen-bond donors (Lipinski definition) is 2. The van der Waals surface area contributed by atoms with Crippen molar-refractivity contribution in [2.75, 3.05) is 17.8 Å². The summed E-state index contributed by atoms with van der Waals surface area (Å²) in [6.07, 6.45) is 2.87. The van der Waals surface area contributed by atoms with Crippen LogP contribution in [0.4, 0.5) is 0 Å². The average Bonchev–Trinajstić information content (AvgIpc) is 2.38. The Hall–Kier alpha value is -0.600. The third-order valence-electron chi connectivity index (χ3n) is 3.13. The maximum Gasteiger partial charge on any atom is 0.246 e. The maximum absolute atomic E-state index is 12.6. The molecule has 8 heteroatoms. The van der Waals surface area contributed by atoms with E-state index < -0.39 is 38.0 Å². The van der Waals surface area contributed by atoms with E-state index >= 15 is 0 Å². The first-order valence-electron chi connectivity index (χ1n) is 7.34. The van der Waals surface area contributed by atoms with Gasteiger partial charge in [0.05, 0.1) is 16.7 Å². The Morgan fingerprint density at radius 1 is 1.29 bits per heavy atom. The highest BCUT2D eigenvalue weighted by atomic mass is 32.2. The first-order valence-corrected chi connectivity index (χ1v) is 9.88. The summed E-state index contributed by atoms with van der Waals surface area (Å²) in [6, 6.07) is 0. The van der Waals surface area contributed by atoms with Crippen molar-refractivity contribution < 1.29 is 19.4 Å². The molecule has 0 aliphatic heterocycles. The number of carbonyl (C=O) groups excluding carboxylic acids is 2. The molecule has 6 nitrogen and oxygen atoms in total. The molecular weight excluding hydrogens is 312 g/mol. The zero-order valence-electron chi connectivity index (χ0n) is 13.8. The molecule has 21 heavy (non-hydrogen) atoms. The van der Waals surface area contributed by atoms with E-state index in [9.17, 15) is 18.0 Å². The van der Waals surface area contributed by atoms with Gasteiger partial charge in [0.15, 0.2) is 21.2 Å². The molecule has 0 fully saturated rings. The summed E-state index contributed by atoms with van der Waals surface area (Å²) in [6.45, 7) is 3.55. The van der Waals surface area contributed by atoms with Crippen LogP contribution in [0.25, 0.3) is 0 Å². The van der Waals surface area contributed by atoms with Crippen molar-refractivity contribution in [3.8, 4) is 0 Å². The van der Waals surface area contributed by atoms with Crippen LogP contribution in [0.15, 0.2) is 0 Å². The highest BCUT2D eigenvalue weighted by Gasteiger charge is 2.45. The van der Waals surface area contributed by atoms with E-state index in [1.54, 1.807) is 20.1 Å². The van der Waals surface area contributed by atoms with Crippen LogP contribution in [0.3, 0.4) is 0 Å². The second-order valence-corrected chi connectivity index (χ2v) is 7.95. The van der Waals surface area contributed by atoms with Crippen LogP contribution < -0.4 is 11.5 Å². The van der Waals surface area contributed by atoms with Gasteiger partial charge in [-0.25, -0.2) is 8.42 Å². The quantitative estimate of drug-likeness (QED) is 0.528. The molecule has 0 heterocycles. The van der Waals surface area contributed by atoms with Crippen molar-refractivity contribution in [1.82, 2.24) is 0 Å². The molecule has 0 rings (SSSR count). The Balaban J connectivity index is 5.69. The molecule has 0 aromatic heterocycles. The van der Waals surface area contributed by atoms with Crippen LogP contribution in [0.1, 0.15) is 40.9 Å². The molecule has 0 bridgehead atoms. The molecule has 124 valence electrons. The highest BCUT2D eigenvalue weighted by Crippen LogP contribution is 2.20. The van der Waals surface area contributed by atoms with Gasteiger partial charge in [0.25, 0.3) is 0 Å². The van der Waals surface area contributed by atoms with E-state index in [1.165, 1.54) is 0 Å². The summed E-state index contributed by atoms with van der Waals surface area (Å²) < 4.78 is 33.5. The number of ketones is 1. The molecule has 0 aromatic rings. The predicted molar refractivity (Wildman–Crippen MR) is 86.9 cm³/mol. The minimum absolute atomic E-state index is 0.110. The van der Waals surface area contributed by atoms with Crippen molar-refractivity contribution in [2.45, 2.75) is 50.3 Å². The first-order chi connectivity index (χ1) is 10.0. The second-order valence-electron chi connectivity index (χ2n) is 4.99. The lowest BCUT2D eigenvalue weighted by Crippen LogP contribution is -2.63. The number of amides is 1. The van der Waals surface area contributed by atoms with Crippen LogP contribution in [-0.4, -0.2) is 48.6 Å². The van der Waals surface area contributed by atoms with Gasteiger partial charge in [-0.3, -0.25) is 9.59 Å². The van der Waals surface area contributed by atoms with Crippen LogP contribution >= 0.6 is 11.8 Å². The number of primary amides is 1. The maximum atomic E-state index is 12.6. The van der Waals surface area contributed by atoms with Gasteiger partial charge < -0.3 is 11.5 Å². The van der Waals surface area contributed by atoms with Gasteiger partial charge >= 0.3 is 0 Å². The lowest BCUT2D eigenvalue weighted by molar-refractivity contribution is -0.131. The first kappa shape index (κ1) is 18.4. The molecule has 0 saturated heterocycles. The normalized spacial score (nSPS) is 16.1. The second kappa shape index (κ2) is 8.75. The van der Waals surface area contributed by atoms with Crippen molar-refractivity contribution in [3.05, 3.63) is 0 Å². The Labute approximate surface area is 132 Å². The number of Topliss-reactive ketones (excluding diaryl/α,β-unsaturated/α-hetero) is 1. The average molecular weight is 340 g/mol. The Morgan fingerprint density at radius 3 is 2.10 bits per heavy atom. The van der Waals surface area contributed by atoms with E-state index in [-0.39, 0.29) is 18.6 Å². The van der Waals surface area contributed by atoms with E-state index in [2.05, 4.69) is 0 Å². The molecule has 4 N–H and O–H groups in total. The third-order valence-corrected chi connectivity index (χ3v) is 5.80. The van der Waals surface area contributed by atoms with Gasteiger partial charge in [-0.15, -0.1) is 0 Å². The summed E-state index contributed by atoms with van der Waals surface area (Å²) >= 11 is 1.13. The minimum Gasteiger partial charge on any atom is -0.368 e. The van der Waals surface area contributed by atoms with Crippen molar-refractivity contribution in [1.29, 1.82) is 0 Å². The number of carbonyl (C=O) groups is 2. The summed E-state index contributed by atoms with van der Waals surface area (Å²) in [7, 11) is -4.10.